The summed E-state index contributed by atoms with van der Waals surface area (Å²) in [7, 11) is -5.80. The summed E-state index contributed by atoms with van der Waals surface area (Å²) in [6, 6.07) is 28.4. The normalized spacial score (nSPS) is 12.5. The maximum absolute atomic E-state index is 13.0. The highest BCUT2D eigenvalue weighted by atomic mass is 32.2. The number of hydrogen-bond acceptors (Lipinski definition) is 5. The summed E-state index contributed by atoms with van der Waals surface area (Å²) < 4.78 is 64.1. The monoisotopic (exact) mass is 566 g/mol. The van der Waals surface area contributed by atoms with Crippen LogP contribution in [0.2, 0.25) is 0 Å². The largest absolute Gasteiger partial charge is 0.743 e. The topological polar surface area (TPSA) is 83.5 Å². The van der Waals surface area contributed by atoms with Crippen LogP contribution in [-0.4, -0.2) is 30.3 Å². The van der Waals surface area contributed by atoms with Gasteiger partial charge in [-0.25, -0.2) is 8.42 Å². The lowest BCUT2D eigenvalue weighted by molar-refractivity contribution is -0.170. The number of hydrogen-bond donors (Lipinski definition) is 0. The van der Waals surface area contributed by atoms with Gasteiger partial charge in [-0.15, -0.1) is 0 Å². The van der Waals surface area contributed by atoms with Crippen molar-refractivity contribution in [3.05, 3.63) is 78.9 Å². The van der Waals surface area contributed by atoms with Crippen LogP contribution in [0.3, 0.4) is 0 Å². The van der Waals surface area contributed by atoms with Crippen molar-refractivity contribution in [1.82, 2.24) is 0 Å². The number of benzene rings is 3. The molecule has 4 aromatic rings. The molecule has 0 saturated carbocycles. The van der Waals surface area contributed by atoms with Gasteiger partial charge >= 0.3 is 11.2 Å². The van der Waals surface area contributed by atoms with Gasteiger partial charge in [0.25, 0.3) is 0 Å². The first kappa shape index (κ1) is 33.1. The summed E-state index contributed by atoms with van der Waals surface area (Å²) >= 11 is 0. The molecule has 0 radical (unpaired) electrons. The van der Waals surface area contributed by atoms with Crippen molar-refractivity contribution in [1.29, 1.82) is 0 Å². The minimum Gasteiger partial charge on any atom is -0.743 e. The van der Waals surface area contributed by atoms with Crippen LogP contribution in [0.5, 0.6) is 0 Å². The van der Waals surface area contributed by atoms with Gasteiger partial charge in [-0.3, -0.25) is 4.79 Å². The van der Waals surface area contributed by atoms with Crippen molar-refractivity contribution in [3.8, 4) is 4.90 Å². The van der Waals surface area contributed by atoms with Crippen molar-refractivity contribution in [3.63, 3.8) is 0 Å². The summed E-state index contributed by atoms with van der Waals surface area (Å²) in [4.78, 5) is 12.8. The molecule has 0 aliphatic rings. The number of carbonyl (C=O) groups excluding carboxylic acids is 1. The van der Waals surface area contributed by atoms with Gasteiger partial charge in [0.1, 0.15) is 0 Å². The molecule has 0 bridgehead atoms. The van der Waals surface area contributed by atoms with E-state index in [0.29, 0.717) is 13.3 Å². The number of esters is 1. The number of carbonyl (C=O) groups is 1. The lowest BCUT2D eigenvalue weighted by Gasteiger charge is -2.29. The average Bonchev–Trinajstić information content (AvgIpc) is 3.18. The molecule has 0 aliphatic heterocycles. The molecule has 0 N–H and O–H groups in total. The Bertz CT molecular complexity index is 1410. The van der Waals surface area contributed by atoms with Gasteiger partial charge in [0.15, 0.2) is 30.5 Å². The van der Waals surface area contributed by atoms with Gasteiger partial charge < -0.3 is 9.29 Å². The first-order valence-corrected chi connectivity index (χ1v) is 14.0. The summed E-state index contributed by atoms with van der Waals surface area (Å²) in [5.74, 6) is -0.976. The van der Waals surface area contributed by atoms with E-state index in [9.17, 15) is 26.5 Å². The van der Waals surface area contributed by atoms with Crippen LogP contribution in [0.1, 0.15) is 49.0 Å². The number of ether oxygens (including phenoxy) is 1. The minimum absolute atomic E-state index is 0. The van der Waals surface area contributed by atoms with Gasteiger partial charge in [-0.2, -0.15) is 8.78 Å². The minimum atomic E-state index is -5.86. The molecule has 1 atom stereocenters. The van der Waals surface area contributed by atoms with Crippen molar-refractivity contribution < 1.29 is 31.3 Å². The molecule has 208 valence electrons. The molecule has 0 saturated heterocycles. The highest BCUT2D eigenvalue weighted by Crippen LogP contribution is 2.47. The Kier molecular flexibility index (Phi) is 11.1. The molecule has 1 aromatic heterocycles. The Balaban J connectivity index is 0.000000365. The van der Waals surface area contributed by atoms with E-state index >= 15 is 0 Å². The van der Waals surface area contributed by atoms with E-state index in [0.717, 1.165) is 0 Å². The molecule has 1 unspecified atom stereocenters. The Morgan fingerprint density at radius 1 is 0.895 bits per heavy atom. The molecule has 0 aliphatic carbocycles. The molecule has 4 rings (SSSR count). The molecular weight excluding hydrogens is 530 g/mol. The van der Waals surface area contributed by atoms with Crippen molar-refractivity contribution >= 4 is 46.7 Å². The number of thiophene rings is 1. The summed E-state index contributed by atoms with van der Waals surface area (Å²) in [6.07, 6.45) is -1.99. The van der Waals surface area contributed by atoms with Crippen molar-refractivity contribution in [2.75, 3.05) is 0 Å². The van der Waals surface area contributed by atoms with E-state index in [1.165, 1.54) is 38.9 Å². The fraction of sp³-hybridized carbons (Fsp3) is 0.345. The fourth-order valence-electron chi connectivity index (χ4n) is 3.40. The zero-order valence-corrected chi connectivity index (χ0v) is 22.0. The molecule has 38 heavy (non-hydrogen) atoms. The van der Waals surface area contributed by atoms with Crippen LogP contribution in [0.25, 0.3) is 25.1 Å². The molecule has 5 nitrogen and oxygen atoms in total. The number of fused-ring (bicyclic) bond motifs is 3. The lowest BCUT2D eigenvalue weighted by atomic mass is 9.91. The zero-order chi connectivity index (χ0) is 26.7. The summed E-state index contributed by atoms with van der Waals surface area (Å²) in [6.45, 7) is 5.24. The summed E-state index contributed by atoms with van der Waals surface area (Å²) in [5, 5.41) is -1.84. The van der Waals surface area contributed by atoms with Gasteiger partial charge in [0.2, 0.25) is 0 Å². The maximum Gasteiger partial charge on any atom is 0.369 e. The van der Waals surface area contributed by atoms with Gasteiger partial charge in [-0.05, 0) is 63.6 Å². The van der Waals surface area contributed by atoms with Crippen LogP contribution in [-0.2, 0) is 19.6 Å². The first-order valence-electron chi connectivity index (χ1n) is 11.3. The van der Waals surface area contributed by atoms with Gasteiger partial charge in [-0.1, -0.05) is 64.2 Å². The highest BCUT2D eigenvalue weighted by molar-refractivity contribution is 7.86. The first-order chi connectivity index (χ1) is 16.8. The SMILES string of the molecule is C.C.CCC(C)(C)C(=O)OC(C)C(F)(F)S(=O)(=O)[O-].c1ccc(-[s+]2c3ccccc3c3ccccc32)cc1. The van der Waals surface area contributed by atoms with Crippen molar-refractivity contribution in [2.24, 2.45) is 5.41 Å². The Morgan fingerprint density at radius 3 is 1.74 bits per heavy atom. The van der Waals surface area contributed by atoms with Crippen molar-refractivity contribution in [2.45, 2.75) is 60.3 Å². The maximum atomic E-state index is 13.0. The van der Waals surface area contributed by atoms with Crippen LogP contribution < -0.4 is 0 Å². The quantitative estimate of drug-likeness (QED) is 0.133. The van der Waals surface area contributed by atoms with E-state index in [2.05, 4.69) is 83.6 Å². The Labute approximate surface area is 227 Å². The number of halogens is 2. The number of rotatable bonds is 6. The molecular formula is C29H36F2O5S2. The molecule has 1 heterocycles. The van der Waals surface area contributed by atoms with Gasteiger partial charge in [0.05, 0.1) is 5.41 Å². The molecule has 0 amide bonds. The average molecular weight is 567 g/mol. The molecule has 9 heteroatoms. The second-order valence-electron chi connectivity index (χ2n) is 8.91. The van der Waals surface area contributed by atoms with Crippen LogP contribution in [0, 0.1) is 5.41 Å². The third-order valence-corrected chi connectivity index (χ3v) is 9.34. The predicted octanol–water partition coefficient (Wildman–Crippen LogP) is 8.50. The standard InChI is InChI=1S/C18H13S.C9H16F2O5S.2CH4/c1-2-8-14(9-3-1)19-17-12-6-4-10-15(17)16-11-5-7-13-18(16)19;1-5-8(3,4)7(12)16-6(2)9(10,11)17(13,14)15;;/h1-13H;6H,5H2,1-4H3,(H,13,14,15);2*1H4/q+1;;;/p-1. The molecule has 0 fully saturated rings. The van der Waals surface area contributed by atoms with E-state index in [1.807, 2.05) is 0 Å². The van der Waals surface area contributed by atoms with Gasteiger partial charge in [0, 0.05) is 21.2 Å². The fourth-order valence-corrected chi connectivity index (χ4v) is 6.25. The Morgan fingerprint density at radius 2 is 1.32 bits per heavy atom. The zero-order valence-electron chi connectivity index (χ0n) is 20.4. The highest BCUT2D eigenvalue weighted by Gasteiger charge is 2.47. The smallest absolute Gasteiger partial charge is 0.369 e. The van der Waals surface area contributed by atoms with Crippen LogP contribution >= 0.6 is 10.5 Å². The van der Waals surface area contributed by atoms with E-state index in [4.69, 9.17) is 0 Å². The van der Waals surface area contributed by atoms with E-state index < -0.39 is 32.9 Å². The second-order valence-corrected chi connectivity index (χ2v) is 12.3. The predicted molar refractivity (Wildman–Crippen MR) is 153 cm³/mol. The molecule has 0 spiro atoms. The molecule has 3 aromatic carbocycles. The third-order valence-electron chi connectivity index (χ3n) is 6.01. The van der Waals surface area contributed by atoms with Crippen LogP contribution in [0.4, 0.5) is 8.78 Å². The third kappa shape index (κ3) is 6.76. The Hall–Kier alpha value is -2.88. The second kappa shape index (κ2) is 12.8. The van der Waals surface area contributed by atoms with E-state index in [1.54, 1.807) is 6.92 Å². The summed E-state index contributed by atoms with van der Waals surface area (Å²) in [5.41, 5.74) is -1.02. The van der Waals surface area contributed by atoms with E-state index in [-0.39, 0.29) is 25.3 Å². The van der Waals surface area contributed by atoms with Crippen LogP contribution in [0.15, 0.2) is 78.9 Å². The number of alkyl halides is 2. The lowest BCUT2D eigenvalue weighted by Crippen LogP contribution is -2.44.